The number of rotatable bonds is 7. The Kier molecular flexibility index (Phi) is 7.64. The fourth-order valence-corrected chi connectivity index (χ4v) is 6.51. The van der Waals surface area contributed by atoms with Crippen LogP contribution in [0.1, 0.15) is 35.2 Å². The van der Waals surface area contributed by atoms with Crippen LogP contribution in [0.4, 0.5) is 10.5 Å². The molecule has 5 rings (SSSR count). The number of sulfone groups is 1. The Labute approximate surface area is 226 Å². The number of amides is 1. The average Bonchev–Trinajstić information content (AvgIpc) is 3.49. The van der Waals surface area contributed by atoms with Crippen LogP contribution in [0, 0.1) is 6.92 Å². The topological polar surface area (TPSA) is 104 Å². The number of aryl methyl sites for hydroxylation is 1. The van der Waals surface area contributed by atoms with E-state index < -0.39 is 15.9 Å². The molecule has 1 amide bonds. The van der Waals surface area contributed by atoms with Crippen molar-refractivity contribution in [3.05, 3.63) is 76.3 Å². The molecule has 38 heavy (non-hydrogen) atoms. The van der Waals surface area contributed by atoms with Gasteiger partial charge in [0.2, 0.25) is 0 Å². The zero-order chi connectivity index (χ0) is 26.7. The molecule has 1 aliphatic heterocycles. The lowest BCUT2D eigenvalue weighted by Gasteiger charge is -2.31. The van der Waals surface area contributed by atoms with Gasteiger partial charge in [-0.25, -0.2) is 13.2 Å². The van der Waals surface area contributed by atoms with E-state index in [-0.39, 0.29) is 5.25 Å². The van der Waals surface area contributed by atoms with E-state index in [1.165, 1.54) is 17.6 Å². The third-order valence-electron chi connectivity index (χ3n) is 6.82. The van der Waals surface area contributed by atoms with E-state index in [0.717, 1.165) is 33.3 Å². The Balaban J connectivity index is 1.36. The van der Waals surface area contributed by atoms with Gasteiger partial charge in [-0.3, -0.25) is 15.3 Å². The van der Waals surface area contributed by atoms with Crippen LogP contribution in [0.2, 0.25) is 0 Å². The fraction of sp³-hybridized carbons (Fsp3) is 0.286. The molecule has 0 atom stereocenters. The van der Waals surface area contributed by atoms with Crippen molar-refractivity contribution in [3.63, 3.8) is 0 Å². The number of likely N-dealkylation sites (tertiary alicyclic amines) is 1. The summed E-state index contributed by atoms with van der Waals surface area (Å²) in [7, 11) is -3.01. The lowest BCUT2D eigenvalue weighted by Crippen LogP contribution is -2.38. The standard InChI is InChI=1S/C28H30N4O4S2/c1-19-13-16-37-27(19)36-28(33)29-26-17-20(18-32-14-11-22(12-15-32)38(2,34)35)7-8-21(26)9-10-25-23-5-3-4-6-24(23)30-31-25/h3-10,13,16-17,22H,11-12,14-15,18H2,1-2H3,(H,29,33)(H,30,31)/b10-9+. The summed E-state index contributed by atoms with van der Waals surface area (Å²) in [5.74, 6) is 0. The summed E-state index contributed by atoms with van der Waals surface area (Å²) in [6.45, 7) is 4.00. The number of hydrogen-bond acceptors (Lipinski definition) is 7. The molecule has 2 aromatic carbocycles. The quantitative estimate of drug-likeness (QED) is 0.305. The van der Waals surface area contributed by atoms with Crippen LogP contribution in [0.3, 0.4) is 0 Å². The molecule has 1 saturated heterocycles. The zero-order valence-corrected chi connectivity index (χ0v) is 22.9. The van der Waals surface area contributed by atoms with Gasteiger partial charge in [-0.1, -0.05) is 36.4 Å². The molecule has 10 heteroatoms. The number of carbonyl (C=O) groups excluding carboxylic acids is 1. The highest BCUT2D eigenvalue weighted by atomic mass is 32.2. The monoisotopic (exact) mass is 550 g/mol. The minimum Gasteiger partial charge on any atom is -0.399 e. The van der Waals surface area contributed by atoms with Crippen molar-refractivity contribution in [2.24, 2.45) is 0 Å². The van der Waals surface area contributed by atoms with Gasteiger partial charge in [-0.2, -0.15) is 5.10 Å². The smallest absolute Gasteiger partial charge is 0.399 e. The Morgan fingerprint density at radius 2 is 1.97 bits per heavy atom. The molecule has 2 aromatic heterocycles. The van der Waals surface area contributed by atoms with Crippen LogP contribution in [-0.4, -0.2) is 54.2 Å². The molecule has 0 radical (unpaired) electrons. The second-order valence-corrected chi connectivity index (χ2v) is 12.8. The normalized spacial score (nSPS) is 15.3. The molecule has 0 unspecified atom stereocenters. The highest BCUT2D eigenvalue weighted by molar-refractivity contribution is 7.91. The molecule has 0 spiro atoms. The Morgan fingerprint density at radius 1 is 1.18 bits per heavy atom. The van der Waals surface area contributed by atoms with Crippen molar-refractivity contribution < 1.29 is 17.9 Å². The van der Waals surface area contributed by atoms with Gasteiger partial charge in [-0.05, 0) is 73.6 Å². The van der Waals surface area contributed by atoms with Crippen molar-refractivity contribution in [1.82, 2.24) is 15.1 Å². The lowest BCUT2D eigenvalue weighted by atomic mass is 10.1. The number of benzene rings is 2. The predicted octanol–water partition coefficient (Wildman–Crippen LogP) is 5.72. The summed E-state index contributed by atoms with van der Waals surface area (Å²) in [6, 6.07) is 15.8. The number of piperidine rings is 1. The van der Waals surface area contributed by atoms with E-state index in [1.54, 1.807) is 0 Å². The van der Waals surface area contributed by atoms with Gasteiger partial charge < -0.3 is 4.74 Å². The second-order valence-electron chi connectivity index (χ2n) is 9.62. The largest absolute Gasteiger partial charge is 0.417 e. The van der Waals surface area contributed by atoms with Crippen LogP contribution in [0.15, 0.2) is 53.9 Å². The van der Waals surface area contributed by atoms with Gasteiger partial charge in [0.25, 0.3) is 0 Å². The maximum atomic E-state index is 12.8. The molecule has 0 aliphatic carbocycles. The summed E-state index contributed by atoms with van der Waals surface area (Å²) in [5.41, 5.74) is 5.13. The molecule has 3 heterocycles. The van der Waals surface area contributed by atoms with Crippen LogP contribution >= 0.6 is 11.3 Å². The van der Waals surface area contributed by atoms with Gasteiger partial charge >= 0.3 is 6.09 Å². The van der Waals surface area contributed by atoms with Crippen molar-refractivity contribution >= 4 is 56.0 Å². The van der Waals surface area contributed by atoms with Crippen molar-refractivity contribution in [1.29, 1.82) is 0 Å². The van der Waals surface area contributed by atoms with Gasteiger partial charge in [0.05, 0.1) is 22.1 Å². The number of para-hydroxylation sites is 1. The number of ether oxygens (including phenoxy) is 1. The highest BCUT2D eigenvalue weighted by Gasteiger charge is 2.26. The highest BCUT2D eigenvalue weighted by Crippen LogP contribution is 2.28. The van der Waals surface area contributed by atoms with Gasteiger partial charge in [-0.15, -0.1) is 11.3 Å². The van der Waals surface area contributed by atoms with E-state index in [2.05, 4.69) is 20.4 Å². The van der Waals surface area contributed by atoms with E-state index >= 15 is 0 Å². The van der Waals surface area contributed by atoms with Crippen LogP contribution in [-0.2, 0) is 16.4 Å². The summed E-state index contributed by atoms with van der Waals surface area (Å²) in [6.07, 6.45) is 5.88. The average molecular weight is 551 g/mol. The maximum absolute atomic E-state index is 12.8. The fourth-order valence-electron chi connectivity index (χ4n) is 4.67. The summed E-state index contributed by atoms with van der Waals surface area (Å²) < 4.78 is 29.4. The number of aromatic amines is 1. The van der Waals surface area contributed by atoms with Gasteiger partial charge in [0.1, 0.15) is 9.84 Å². The Bertz CT molecular complexity index is 1580. The molecular weight excluding hydrogens is 520 g/mol. The number of hydrogen-bond donors (Lipinski definition) is 2. The molecule has 0 saturated carbocycles. The molecule has 8 nitrogen and oxygen atoms in total. The number of nitrogens with zero attached hydrogens (tertiary/aromatic N) is 2. The van der Waals surface area contributed by atoms with E-state index in [9.17, 15) is 13.2 Å². The minimum absolute atomic E-state index is 0.267. The molecular formula is C28H30N4O4S2. The number of aromatic nitrogens is 2. The number of H-pyrrole nitrogens is 1. The zero-order valence-electron chi connectivity index (χ0n) is 21.3. The second kappa shape index (κ2) is 11.1. The Morgan fingerprint density at radius 3 is 2.71 bits per heavy atom. The number of fused-ring (bicyclic) bond motifs is 1. The summed E-state index contributed by atoms with van der Waals surface area (Å²) in [5, 5.41) is 13.6. The molecule has 198 valence electrons. The van der Waals surface area contributed by atoms with Gasteiger partial charge in [0, 0.05) is 23.8 Å². The molecule has 1 fully saturated rings. The van der Waals surface area contributed by atoms with E-state index in [1.807, 2.05) is 73.0 Å². The number of carbonyl (C=O) groups is 1. The first-order chi connectivity index (χ1) is 18.3. The maximum Gasteiger partial charge on any atom is 0.417 e. The van der Waals surface area contributed by atoms with Gasteiger partial charge in [0.15, 0.2) is 5.06 Å². The van der Waals surface area contributed by atoms with Crippen molar-refractivity contribution in [3.8, 4) is 5.06 Å². The first-order valence-electron chi connectivity index (χ1n) is 12.4. The first kappa shape index (κ1) is 26.1. The number of anilines is 1. The van der Waals surface area contributed by atoms with Crippen LogP contribution in [0.5, 0.6) is 5.06 Å². The van der Waals surface area contributed by atoms with E-state index in [0.29, 0.717) is 43.2 Å². The lowest BCUT2D eigenvalue weighted by molar-refractivity contribution is 0.216. The molecule has 2 N–H and O–H groups in total. The predicted molar refractivity (Wildman–Crippen MR) is 153 cm³/mol. The van der Waals surface area contributed by atoms with Crippen LogP contribution < -0.4 is 10.1 Å². The van der Waals surface area contributed by atoms with E-state index in [4.69, 9.17) is 4.74 Å². The summed E-state index contributed by atoms with van der Waals surface area (Å²) >= 11 is 1.37. The SMILES string of the molecule is Cc1ccsc1OC(=O)Nc1cc(CN2CCC(S(C)(=O)=O)CC2)ccc1/C=C/c1n[nH]c2ccccc12. The van der Waals surface area contributed by atoms with Crippen molar-refractivity contribution in [2.45, 2.75) is 31.6 Å². The molecule has 4 aromatic rings. The minimum atomic E-state index is -3.01. The van der Waals surface area contributed by atoms with Crippen molar-refractivity contribution in [2.75, 3.05) is 24.7 Å². The number of nitrogens with one attached hydrogen (secondary N) is 2. The van der Waals surface area contributed by atoms with Crippen LogP contribution in [0.25, 0.3) is 23.1 Å². The third-order valence-corrected chi connectivity index (χ3v) is 9.40. The Hall–Kier alpha value is -3.47. The molecule has 0 bridgehead atoms. The molecule has 1 aliphatic rings. The third kappa shape index (κ3) is 6.15. The summed E-state index contributed by atoms with van der Waals surface area (Å²) in [4.78, 5) is 15.0. The first-order valence-corrected chi connectivity index (χ1v) is 15.3. The number of thiophene rings is 1.